The van der Waals surface area contributed by atoms with Gasteiger partial charge in [0, 0.05) is 24.5 Å². The number of alkyl halides is 3. The molecule has 1 N–H and O–H groups in total. The van der Waals surface area contributed by atoms with E-state index in [9.17, 15) is 13.2 Å². The smallest absolute Gasteiger partial charge is 0.332 e. The number of thioether (sulfide) groups is 1. The summed E-state index contributed by atoms with van der Waals surface area (Å²) in [6.07, 6.45) is 6.70. The molecular weight excluding hydrogens is 263 g/mol. The van der Waals surface area contributed by atoms with Crippen molar-refractivity contribution in [2.24, 2.45) is 0 Å². The summed E-state index contributed by atoms with van der Waals surface area (Å²) in [6.45, 7) is 1.31. The largest absolute Gasteiger partial charge is 0.441 e. The molecule has 1 aromatic rings. The molecule has 2 rings (SSSR count). The molecule has 0 bridgehead atoms. The normalized spacial score (nSPS) is 21.2. The van der Waals surface area contributed by atoms with E-state index in [2.05, 4.69) is 10.3 Å². The van der Waals surface area contributed by atoms with Crippen molar-refractivity contribution in [3.05, 3.63) is 18.2 Å². The van der Waals surface area contributed by atoms with Crippen LogP contribution in [0, 0.1) is 0 Å². The summed E-state index contributed by atoms with van der Waals surface area (Å²) in [5.41, 5.74) is -3.15. The molecule has 2 heterocycles. The summed E-state index contributed by atoms with van der Waals surface area (Å²) in [5.74, 6) is 0.0274. The molecule has 1 aliphatic rings. The van der Waals surface area contributed by atoms with E-state index < -0.39 is 5.51 Å². The highest BCUT2D eigenvalue weighted by Gasteiger charge is 2.27. The number of aryl methyl sites for hydroxylation is 1. The van der Waals surface area contributed by atoms with E-state index in [1.165, 1.54) is 0 Å². The third-order valence-electron chi connectivity index (χ3n) is 3.01. The molecule has 0 saturated carbocycles. The van der Waals surface area contributed by atoms with Gasteiger partial charge in [-0.15, -0.1) is 0 Å². The van der Waals surface area contributed by atoms with Gasteiger partial charge in [0.25, 0.3) is 0 Å². The van der Waals surface area contributed by atoms with Gasteiger partial charge in [-0.1, -0.05) is 6.42 Å². The Hall–Kier alpha value is -0.690. The van der Waals surface area contributed by atoms with Crippen molar-refractivity contribution in [2.45, 2.75) is 37.4 Å². The topological polar surface area (TPSA) is 29.9 Å². The number of nitrogens with one attached hydrogen (secondary N) is 1. The standard InChI is InChI=1S/C11H16F3N3S/c12-11(13,14)18-6-5-17-8-15-7-10(17)9-3-1-2-4-16-9/h7-9,16H,1-6H2. The fraction of sp³-hybridized carbons (Fsp3) is 0.727. The predicted molar refractivity (Wildman–Crippen MR) is 65.3 cm³/mol. The van der Waals surface area contributed by atoms with Crippen LogP contribution in [0.5, 0.6) is 0 Å². The minimum absolute atomic E-state index is 0.0181. The van der Waals surface area contributed by atoms with Gasteiger partial charge in [0.1, 0.15) is 0 Å². The molecule has 7 heteroatoms. The van der Waals surface area contributed by atoms with Crippen molar-refractivity contribution in [2.75, 3.05) is 12.3 Å². The summed E-state index contributed by atoms with van der Waals surface area (Å²) in [5, 5.41) is 3.38. The molecule has 1 aliphatic heterocycles. The monoisotopic (exact) mass is 279 g/mol. The molecule has 1 fully saturated rings. The third-order valence-corrected chi connectivity index (χ3v) is 3.72. The Balaban J connectivity index is 1.91. The summed E-state index contributed by atoms with van der Waals surface area (Å²) in [6, 6.07) is 0.233. The second-order valence-electron chi connectivity index (χ2n) is 4.31. The maximum Gasteiger partial charge on any atom is 0.441 e. The number of nitrogens with zero attached hydrogens (tertiary/aromatic N) is 2. The molecule has 1 unspecified atom stereocenters. The van der Waals surface area contributed by atoms with Gasteiger partial charge in [0.15, 0.2) is 0 Å². The first-order valence-electron chi connectivity index (χ1n) is 6.00. The molecule has 102 valence electrons. The van der Waals surface area contributed by atoms with Crippen molar-refractivity contribution in [3.63, 3.8) is 0 Å². The summed E-state index contributed by atoms with van der Waals surface area (Å²) >= 11 is 0.0181. The van der Waals surface area contributed by atoms with Crippen LogP contribution < -0.4 is 5.32 Å². The number of hydrogen-bond acceptors (Lipinski definition) is 3. The lowest BCUT2D eigenvalue weighted by Gasteiger charge is -2.24. The first kappa shape index (κ1) is 13.7. The zero-order chi connectivity index (χ0) is 13.0. The third kappa shape index (κ3) is 3.91. The number of imidazole rings is 1. The Morgan fingerprint density at radius 2 is 2.28 bits per heavy atom. The van der Waals surface area contributed by atoms with Crippen LogP contribution in [0.15, 0.2) is 12.5 Å². The molecule has 0 radical (unpaired) electrons. The van der Waals surface area contributed by atoms with Crippen LogP contribution in [0.25, 0.3) is 0 Å². The Labute approximate surface area is 108 Å². The van der Waals surface area contributed by atoms with E-state index in [1.807, 2.05) is 4.57 Å². The van der Waals surface area contributed by atoms with Crippen molar-refractivity contribution >= 4 is 11.8 Å². The predicted octanol–water partition coefficient (Wildman–Crippen LogP) is 2.95. The summed E-state index contributed by atoms with van der Waals surface area (Å²) < 4.78 is 38.0. The Morgan fingerprint density at radius 1 is 1.44 bits per heavy atom. The van der Waals surface area contributed by atoms with Crippen LogP contribution >= 0.6 is 11.8 Å². The maximum atomic E-state index is 12.1. The van der Waals surface area contributed by atoms with Gasteiger partial charge in [-0.3, -0.25) is 0 Å². The fourth-order valence-electron chi connectivity index (χ4n) is 2.17. The summed E-state index contributed by atoms with van der Waals surface area (Å²) in [7, 11) is 0. The highest BCUT2D eigenvalue weighted by molar-refractivity contribution is 8.00. The van der Waals surface area contributed by atoms with Crippen molar-refractivity contribution in [1.29, 1.82) is 0 Å². The zero-order valence-electron chi connectivity index (χ0n) is 9.91. The van der Waals surface area contributed by atoms with E-state index in [0.29, 0.717) is 6.54 Å². The van der Waals surface area contributed by atoms with Crippen molar-refractivity contribution in [3.8, 4) is 0 Å². The van der Waals surface area contributed by atoms with E-state index in [0.717, 1.165) is 31.5 Å². The Kier molecular flexibility index (Phi) is 4.55. The second-order valence-corrected chi connectivity index (χ2v) is 5.47. The van der Waals surface area contributed by atoms with Gasteiger partial charge >= 0.3 is 5.51 Å². The van der Waals surface area contributed by atoms with E-state index in [-0.39, 0.29) is 23.6 Å². The molecular formula is C11H16F3N3S. The van der Waals surface area contributed by atoms with E-state index in [4.69, 9.17) is 0 Å². The van der Waals surface area contributed by atoms with Gasteiger partial charge < -0.3 is 9.88 Å². The second kappa shape index (κ2) is 5.97. The van der Waals surface area contributed by atoms with Gasteiger partial charge in [0.2, 0.25) is 0 Å². The van der Waals surface area contributed by atoms with Crippen molar-refractivity contribution < 1.29 is 13.2 Å². The molecule has 1 atom stereocenters. The van der Waals surface area contributed by atoms with Gasteiger partial charge in [-0.05, 0) is 31.1 Å². The van der Waals surface area contributed by atoms with Crippen molar-refractivity contribution in [1.82, 2.24) is 14.9 Å². The molecule has 1 aromatic heterocycles. The lowest BCUT2D eigenvalue weighted by atomic mass is 10.0. The van der Waals surface area contributed by atoms with Crippen LogP contribution in [-0.2, 0) is 6.54 Å². The van der Waals surface area contributed by atoms with E-state index in [1.54, 1.807) is 12.5 Å². The quantitative estimate of drug-likeness (QED) is 0.919. The fourth-order valence-corrected chi connectivity index (χ4v) is 2.69. The van der Waals surface area contributed by atoms with E-state index >= 15 is 0 Å². The maximum absolute atomic E-state index is 12.1. The molecule has 18 heavy (non-hydrogen) atoms. The highest BCUT2D eigenvalue weighted by Crippen LogP contribution is 2.30. The Morgan fingerprint density at radius 3 is 2.94 bits per heavy atom. The molecule has 0 amide bonds. The first-order chi connectivity index (χ1) is 8.56. The zero-order valence-corrected chi connectivity index (χ0v) is 10.7. The SMILES string of the molecule is FC(F)(F)SCCn1cncc1C1CCCCN1. The number of hydrogen-bond donors (Lipinski definition) is 1. The van der Waals surface area contributed by atoms with Crippen LogP contribution in [0.2, 0.25) is 0 Å². The summed E-state index contributed by atoms with van der Waals surface area (Å²) in [4.78, 5) is 4.04. The van der Waals surface area contributed by atoms with Gasteiger partial charge in [-0.2, -0.15) is 13.2 Å². The van der Waals surface area contributed by atoms with Crippen LogP contribution in [0.3, 0.4) is 0 Å². The van der Waals surface area contributed by atoms with Crippen LogP contribution in [0.1, 0.15) is 31.0 Å². The number of aromatic nitrogens is 2. The number of halogens is 3. The van der Waals surface area contributed by atoms with Crippen LogP contribution in [0.4, 0.5) is 13.2 Å². The minimum atomic E-state index is -4.15. The van der Waals surface area contributed by atoms with Crippen LogP contribution in [-0.4, -0.2) is 27.4 Å². The lowest BCUT2D eigenvalue weighted by Crippen LogP contribution is -2.28. The van der Waals surface area contributed by atoms with Gasteiger partial charge in [0.05, 0.1) is 12.0 Å². The molecule has 3 nitrogen and oxygen atoms in total. The molecule has 0 aliphatic carbocycles. The van der Waals surface area contributed by atoms with Gasteiger partial charge in [-0.25, -0.2) is 4.98 Å². The highest BCUT2D eigenvalue weighted by atomic mass is 32.2. The Bertz CT molecular complexity index is 372. The molecule has 0 aromatic carbocycles. The minimum Gasteiger partial charge on any atom is -0.332 e. The average Bonchev–Trinajstić information content (AvgIpc) is 2.77. The number of piperidine rings is 1. The average molecular weight is 279 g/mol. The molecule has 0 spiro atoms. The molecule has 1 saturated heterocycles. The first-order valence-corrected chi connectivity index (χ1v) is 6.99. The number of rotatable bonds is 4. The lowest BCUT2D eigenvalue weighted by molar-refractivity contribution is -0.0328.